The van der Waals surface area contributed by atoms with E-state index in [1.54, 1.807) is 42.5 Å². The SMILES string of the molecule is [2H]c1c([2H])c([2H])c(-c2c([2H])c([2H])c(N(c3c([2H])c([2H])c(-c4cccc5ccccc45)c([2H])c3[2H])c3c([2H])c([2H])c(-c4c(-c5ccccc5)ccc5ccccc45)c([2H])c3[2H])c([2H])c2[2H])c([2H])c1[2H]. The molecule has 0 unspecified atom stereocenters. The molecule has 0 atom stereocenters. The number of hydrogen-bond acceptors (Lipinski definition) is 1. The quantitative estimate of drug-likeness (QED) is 0.164. The molecule has 0 heterocycles. The fourth-order valence-electron chi connectivity index (χ4n) is 6.19. The van der Waals surface area contributed by atoms with Crippen molar-refractivity contribution in [2.75, 3.05) is 4.90 Å². The molecule has 9 aromatic rings. The molecule has 240 valence electrons. The lowest BCUT2D eigenvalue weighted by Gasteiger charge is -2.26. The molecule has 0 saturated heterocycles. The highest BCUT2D eigenvalue weighted by atomic mass is 15.1. The summed E-state index contributed by atoms with van der Waals surface area (Å²) < 4.78 is 156. The molecule has 0 aliphatic heterocycles. The number of nitrogens with zero attached hydrogens (tertiary/aromatic N) is 1. The van der Waals surface area contributed by atoms with Crippen molar-refractivity contribution in [1.29, 1.82) is 0 Å². The maximum absolute atomic E-state index is 9.73. The van der Waals surface area contributed by atoms with Crippen molar-refractivity contribution in [2.24, 2.45) is 0 Å². The molecule has 0 aromatic heterocycles. The largest absolute Gasteiger partial charge is 0.311 e. The lowest BCUT2D eigenvalue weighted by atomic mass is 9.89. The first-order chi connectivity index (χ1) is 32.4. The highest BCUT2D eigenvalue weighted by molar-refractivity contribution is 6.04. The van der Waals surface area contributed by atoms with Gasteiger partial charge in [0.25, 0.3) is 0 Å². The van der Waals surface area contributed by atoms with Gasteiger partial charge in [-0.1, -0.05) is 176 Å². The summed E-state index contributed by atoms with van der Waals surface area (Å²) in [7, 11) is 0. The molecule has 9 aromatic carbocycles. The van der Waals surface area contributed by atoms with Crippen molar-refractivity contribution in [3.05, 3.63) is 212 Å². The van der Waals surface area contributed by atoms with Crippen LogP contribution < -0.4 is 4.90 Å². The first-order valence-electron chi connectivity index (χ1n) is 24.6. The van der Waals surface area contributed by atoms with Crippen LogP contribution in [-0.2, 0) is 0 Å². The van der Waals surface area contributed by atoms with E-state index >= 15 is 0 Å². The van der Waals surface area contributed by atoms with Crippen LogP contribution in [0.4, 0.5) is 17.1 Å². The minimum absolute atomic E-state index is 0.129. The third-order valence-corrected chi connectivity index (χ3v) is 8.58. The van der Waals surface area contributed by atoms with Gasteiger partial charge in [-0.2, -0.15) is 0 Å². The zero-order chi connectivity index (χ0) is 48.8. The fraction of sp³-hybridized carbons (Fsp3) is 0. The van der Waals surface area contributed by atoms with Gasteiger partial charge in [0.05, 0.1) is 23.3 Å². The summed E-state index contributed by atoms with van der Waals surface area (Å²) in [6.07, 6.45) is 0. The molecular weight excluding hydrogens is 615 g/mol. The Hall–Kier alpha value is -6.70. The van der Waals surface area contributed by atoms with Gasteiger partial charge < -0.3 is 4.90 Å². The number of anilines is 3. The first kappa shape index (κ1) is 17.3. The zero-order valence-electron chi connectivity index (χ0n) is 43.8. The van der Waals surface area contributed by atoms with E-state index in [0.29, 0.717) is 37.9 Å². The lowest BCUT2D eigenvalue weighted by molar-refractivity contribution is 1.28. The lowest BCUT2D eigenvalue weighted by Crippen LogP contribution is -2.09. The van der Waals surface area contributed by atoms with Crippen LogP contribution in [0.3, 0.4) is 0 Å². The van der Waals surface area contributed by atoms with Gasteiger partial charge in [0.1, 0.15) is 0 Å². The molecule has 0 bridgehead atoms. The minimum Gasteiger partial charge on any atom is -0.311 e. The number of rotatable bonds is 7. The highest BCUT2D eigenvalue weighted by Gasteiger charge is 2.16. The van der Waals surface area contributed by atoms with Crippen molar-refractivity contribution < 1.29 is 23.3 Å². The van der Waals surface area contributed by atoms with Crippen LogP contribution in [0.25, 0.3) is 66.1 Å². The maximum atomic E-state index is 9.73. The summed E-state index contributed by atoms with van der Waals surface area (Å²) in [6.45, 7) is 0. The molecule has 9 rings (SSSR count). The fourth-order valence-corrected chi connectivity index (χ4v) is 6.19. The second kappa shape index (κ2) is 13.3. The summed E-state index contributed by atoms with van der Waals surface area (Å²) in [6, 6.07) is 18.8. The van der Waals surface area contributed by atoms with Crippen molar-refractivity contribution >= 4 is 38.6 Å². The second-order valence-electron chi connectivity index (χ2n) is 11.6. The highest BCUT2D eigenvalue weighted by Crippen LogP contribution is 2.41. The van der Waals surface area contributed by atoms with Crippen molar-refractivity contribution in [1.82, 2.24) is 0 Å². The van der Waals surface area contributed by atoms with Gasteiger partial charge in [-0.25, -0.2) is 0 Å². The van der Waals surface area contributed by atoms with Crippen LogP contribution in [0.5, 0.6) is 0 Å². The first-order valence-corrected chi connectivity index (χ1v) is 16.1. The summed E-state index contributed by atoms with van der Waals surface area (Å²) in [5.74, 6) is 0. The maximum Gasteiger partial charge on any atom is 0.0645 e. The normalized spacial score (nSPS) is 15.8. The average Bonchev–Trinajstić information content (AvgIpc) is 3.34. The third kappa shape index (κ3) is 5.86. The summed E-state index contributed by atoms with van der Waals surface area (Å²) in [5, 5.41) is 2.65. The van der Waals surface area contributed by atoms with Gasteiger partial charge in [-0.15, -0.1) is 0 Å². The molecule has 0 amide bonds. The van der Waals surface area contributed by atoms with Gasteiger partial charge in [0, 0.05) is 17.1 Å². The number of fused-ring (bicyclic) bond motifs is 2. The van der Waals surface area contributed by atoms with Crippen LogP contribution in [0, 0.1) is 0 Å². The van der Waals surface area contributed by atoms with Crippen LogP contribution in [0.2, 0.25) is 0 Å². The zero-order valence-corrected chi connectivity index (χ0v) is 26.8. The van der Waals surface area contributed by atoms with Crippen molar-refractivity contribution in [3.63, 3.8) is 0 Å². The molecule has 0 saturated carbocycles. The van der Waals surface area contributed by atoms with E-state index in [2.05, 4.69) is 0 Å². The predicted octanol–water partition coefficient (Wildman–Crippen LogP) is 14.1. The van der Waals surface area contributed by atoms with E-state index in [0.717, 1.165) is 10.8 Å². The van der Waals surface area contributed by atoms with Gasteiger partial charge >= 0.3 is 0 Å². The van der Waals surface area contributed by atoms with Crippen molar-refractivity contribution in [3.8, 4) is 44.5 Å². The van der Waals surface area contributed by atoms with E-state index in [-0.39, 0.29) is 11.1 Å². The Morgan fingerprint density at radius 2 is 0.824 bits per heavy atom. The Labute approximate surface area is 323 Å². The van der Waals surface area contributed by atoms with E-state index in [4.69, 9.17) is 6.85 Å². The number of hydrogen-bond donors (Lipinski definition) is 0. The molecular formula is C50H35N. The molecule has 0 N–H and O–H groups in total. The number of benzene rings is 9. The predicted molar refractivity (Wildman–Crippen MR) is 218 cm³/mol. The average molecular weight is 667 g/mol. The molecule has 0 spiro atoms. The Morgan fingerprint density at radius 1 is 0.314 bits per heavy atom. The molecule has 0 aliphatic carbocycles. The summed E-state index contributed by atoms with van der Waals surface area (Å²) >= 11 is 0. The molecule has 1 nitrogen and oxygen atoms in total. The van der Waals surface area contributed by atoms with E-state index < -0.39 is 131 Å². The van der Waals surface area contributed by atoms with E-state index in [1.807, 2.05) is 66.7 Å². The van der Waals surface area contributed by atoms with Gasteiger partial charge in [-0.3, -0.25) is 0 Å². The topological polar surface area (TPSA) is 3.24 Å². The second-order valence-corrected chi connectivity index (χ2v) is 11.6. The molecule has 0 fully saturated rings. The van der Waals surface area contributed by atoms with Crippen LogP contribution in [-0.4, -0.2) is 0 Å². The smallest absolute Gasteiger partial charge is 0.0645 e. The molecule has 1 heteroatoms. The molecule has 0 radical (unpaired) electrons. The Kier molecular flexibility index (Phi) is 4.51. The van der Waals surface area contributed by atoms with Crippen LogP contribution >= 0.6 is 0 Å². The van der Waals surface area contributed by atoms with E-state index in [9.17, 15) is 16.4 Å². The Morgan fingerprint density at radius 3 is 1.49 bits per heavy atom. The standard InChI is InChI=1S/C50H35N/c1-3-12-36(13-4-1)37-22-29-43(30-23-37)51(44-31-24-41(25-32-44)47-21-11-18-38-16-7-9-19-46(38)47)45-33-26-42(27-34-45)50-48-20-10-8-17-40(48)28-35-49(50)39-14-5-2-6-15-39/h1-35H/i1D,3D,4D,12D,13D,22D,23D,24D,25D,26D,27D,29D,30D,31D,32D,33D,34D. The Balaban J connectivity index is 1.41. The summed E-state index contributed by atoms with van der Waals surface area (Å²) in [5.41, 5.74) is -1.93. The monoisotopic (exact) mass is 666 g/mol. The van der Waals surface area contributed by atoms with Gasteiger partial charge in [0.15, 0.2) is 0 Å². The van der Waals surface area contributed by atoms with E-state index in [1.165, 1.54) is 0 Å². The molecule has 0 aliphatic rings. The van der Waals surface area contributed by atoms with Crippen LogP contribution in [0.15, 0.2) is 212 Å². The third-order valence-electron chi connectivity index (χ3n) is 8.58. The summed E-state index contributed by atoms with van der Waals surface area (Å²) in [4.78, 5) is 0.686. The Bertz CT molecular complexity index is 3490. The minimum atomic E-state index is -0.982. The van der Waals surface area contributed by atoms with Crippen LogP contribution in [0.1, 0.15) is 23.3 Å². The molecule has 51 heavy (non-hydrogen) atoms. The van der Waals surface area contributed by atoms with Gasteiger partial charge in [-0.05, 0) is 102 Å². The van der Waals surface area contributed by atoms with Gasteiger partial charge in [0.2, 0.25) is 0 Å². The van der Waals surface area contributed by atoms with Crippen molar-refractivity contribution in [2.45, 2.75) is 0 Å².